The molecule has 6 aromatic rings. The van der Waals surface area contributed by atoms with Crippen LogP contribution in [0.3, 0.4) is 0 Å². The molecule has 0 aliphatic carbocycles. The predicted molar refractivity (Wildman–Crippen MR) is 512 cm³/mol. The fourth-order valence-electron chi connectivity index (χ4n) is 11.3. The quantitative estimate of drug-likeness (QED) is 0.00767. The SMILES string of the molecule is CC(CSSC(C)(C)C)C(=O)O.CC(CSSC(C)(C)C)C(=O)OCC#N.CC(CSSC(C)(C)C)C(=O)OCC#N.CC(CSSC(C)(C)C)C(=O)O[C@H]1[C@@H](O)[C@H](n2cnc3c(N)ncnc32)O[C@@H]1COP(=O)(O)O[C@H]1C[C@H](n2ccc(N)nc2=O)O[C@@H]1COP(=O)(O)O.Nc1ccn([C@H]2C[C@H](OP(=O)(O)OC[C@H]3O[C@@H](n4cnc5c(N)ncnc54)[C@H](O)[C@@H]3O)[C@@H](COP(=O)(O)O)O2)c(=O)n1. The van der Waals surface area contributed by atoms with E-state index in [2.05, 4.69) is 111 Å². The van der Waals surface area contributed by atoms with E-state index < -0.39 is 173 Å². The molecule has 4 saturated heterocycles. The number of aliphatic hydroxyl groups is 3. The first-order chi connectivity index (χ1) is 63.5. The molecule has 137 heavy (non-hydrogen) atoms. The molecule has 768 valence electrons. The van der Waals surface area contributed by atoms with Gasteiger partial charge in [-0.05, 0) is 12.1 Å². The van der Waals surface area contributed by atoms with Crippen molar-refractivity contribution in [3.05, 3.63) is 70.8 Å². The summed E-state index contributed by atoms with van der Waals surface area (Å²) >= 11 is 0. The highest BCUT2D eigenvalue weighted by Gasteiger charge is 2.52. The van der Waals surface area contributed by atoms with Crippen LogP contribution in [0.25, 0.3) is 22.3 Å². The van der Waals surface area contributed by atoms with E-state index >= 15 is 0 Å². The van der Waals surface area contributed by atoms with Crippen LogP contribution in [-0.2, 0) is 97.7 Å². The van der Waals surface area contributed by atoms with Gasteiger partial charge in [-0.25, -0.2) is 57.8 Å². The van der Waals surface area contributed by atoms with Gasteiger partial charge < -0.3 is 106 Å². The van der Waals surface area contributed by atoms with Gasteiger partial charge >= 0.3 is 66.5 Å². The normalized spacial score (nSPS) is 23.6. The second-order valence-corrected chi connectivity index (χ2v) is 52.2. The summed E-state index contributed by atoms with van der Waals surface area (Å²) in [6, 6.07) is 6.15. The number of carboxylic acid groups (broad SMARTS) is 1. The van der Waals surface area contributed by atoms with Crippen molar-refractivity contribution in [2.45, 2.75) is 229 Å². The molecule has 0 aromatic carbocycles. The maximum Gasteiger partial charge on any atom is 0.472 e. The lowest BCUT2D eigenvalue weighted by Crippen LogP contribution is -2.39. The topological polar surface area (TPSA) is 767 Å². The van der Waals surface area contributed by atoms with Gasteiger partial charge in [0, 0.05) is 67.2 Å². The molecule has 51 nitrogen and oxygen atoms in total. The first-order valence-corrected chi connectivity index (χ1v) is 56.5. The number of carboxylic acids is 1. The van der Waals surface area contributed by atoms with Crippen LogP contribution < -0.4 is 34.3 Å². The zero-order valence-electron chi connectivity index (χ0n) is 77.0. The molecule has 10 heterocycles. The Morgan fingerprint density at radius 3 is 1.18 bits per heavy atom. The zero-order valence-corrected chi connectivity index (χ0v) is 87.1. The number of hydrogen-bond acceptors (Lipinski definition) is 48. The molecular weight excluding hydrogens is 2050 g/mol. The van der Waals surface area contributed by atoms with E-state index in [1.165, 1.54) is 69.8 Å². The Bertz CT molecular complexity index is 5340. The number of hydrogen-bond donors (Lipinski definition) is 14. The molecule has 4 aliphatic rings. The van der Waals surface area contributed by atoms with Gasteiger partial charge in [0.05, 0.1) is 62.8 Å². The van der Waals surface area contributed by atoms with Crippen molar-refractivity contribution in [1.82, 2.24) is 58.1 Å². The summed E-state index contributed by atoms with van der Waals surface area (Å²) in [7, 11) is -6.85. The Hall–Kier alpha value is -6.12. The molecule has 20 atom stereocenters. The third-order valence-electron chi connectivity index (χ3n) is 17.8. The predicted octanol–water partition coefficient (Wildman–Crippen LogP) is 7.52. The summed E-state index contributed by atoms with van der Waals surface area (Å²) in [6.07, 6.45) is -12.3. The van der Waals surface area contributed by atoms with Crippen molar-refractivity contribution in [2.75, 3.05) is 85.6 Å². The second kappa shape index (κ2) is 53.5. The minimum absolute atomic E-state index is 0.0575. The average molecular weight is 2170 g/mol. The minimum Gasteiger partial charge on any atom is -0.481 e. The molecule has 18 N–H and O–H groups in total. The summed E-state index contributed by atoms with van der Waals surface area (Å²) in [6.45, 7) is 28.8. The summed E-state index contributed by atoms with van der Waals surface area (Å²) in [5.74, 6) is -0.679. The van der Waals surface area contributed by atoms with Crippen LogP contribution in [0.5, 0.6) is 0 Å². The molecule has 6 unspecified atom stereocenters. The van der Waals surface area contributed by atoms with Gasteiger partial charge in [-0.2, -0.15) is 20.5 Å². The Labute approximate surface area is 818 Å². The summed E-state index contributed by atoms with van der Waals surface area (Å²) in [5, 5.41) is 57.6. The van der Waals surface area contributed by atoms with Crippen molar-refractivity contribution < 1.29 is 148 Å². The zero-order chi connectivity index (χ0) is 103. The number of phosphoric acid groups is 4. The van der Waals surface area contributed by atoms with Crippen molar-refractivity contribution in [2.24, 2.45) is 23.7 Å². The van der Waals surface area contributed by atoms with Gasteiger partial charge in [0.15, 0.2) is 54.7 Å². The van der Waals surface area contributed by atoms with E-state index in [9.17, 15) is 81.9 Å². The molecule has 0 spiro atoms. The molecule has 10 rings (SSSR count). The minimum atomic E-state index is -5.11. The largest absolute Gasteiger partial charge is 0.481 e. The number of nitrogen functional groups attached to an aromatic ring is 4. The average Bonchev–Trinajstić information content (AvgIpc) is 1.62. The van der Waals surface area contributed by atoms with E-state index in [4.69, 9.17) is 99.6 Å². The van der Waals surface area contributed by atoms with E-state index in [0.29, 0.717) is 23.0 Å². The van der Waals surface area contributed by atoms with Gasteiger partial charge in [0.2, 0.25) is 0 Å². The third kappa shape index (κ3) is 40.9. The van der Waals surface area contributed by atoms with Gasteiger partial charge in [-0.3, -0.25) is 64.6 Å². The molecule has 0 saturated carbocycles. The lowest BCUT2D eigenvalue weighted by molar-refractivity contribution is -0.160. The lowest BCUT2D eigenvalue weighted by atomic mass is 10.1. The summed E-state index contributed by atoms with van der Waals surface area (Å²) < 4.78 is 122. The molecule has 63 heteroatoms. The number of imidazole rings is 2. The number of aliphatic carboxylic acids is 1. The monoisotopic (exact) mass is 2160 g/mol. The first-order valence-electron chi connectivity index (χ1n) is 41.2. The smallest absolute Gasteiger partial charge is 0.472 e. The van der Waals surface area contributed by atoms with E-state index in [0.717, 1.165) is 9.13 Å². The Balaban J connectivity index is 0.000000300. The second-order valence-electron chi connectivity index (χ2n) is 34.3. The first kappa shape index (κ1) is 120. The number of esters is 3. The van der Waals surface area contributed by atoms with E-state index in [-0.39, 0.29) is 120 Å². The van der Waals surface area contributed by atoms with Crippen LogP contribution >= 0.6 is 118 Å². The molecule has 4 fully saturated rings. The number of fused-ring (bicyclic) bond motifs is 2. The van der Waals surface area contributed by atoms with Crippen molar-refractivity contribution in [1.29, 1.82) is 10.5 Å². The van der Waals surface area contributed by atoms with Gasteiger partial charge in [-0.1, -0.05) is 197 Å². The number of nitrogens with zero attached hydrogens (tertiary/aromatic N) is 14. The fraction of sp³-hybridized carbons (Fsp3) is 0.676. The number of aliphatic hydroxyl groups excluding tert-OH is 3. The molecule has 4 aliphatic heterocycles. The number of ether oxygens (including phenoxy) is 7. The van der Waals surface area contributed by atoms with Crippen molar-refractivity contribution in [3.63, 3.8) is 0 Å². The van der Waals surface area contributed by atoms with Crippen molar-refractivity contribution in [3.8, 4) is 12.1 Å². The van der Waals surface area contributed by atoms with Crippen molar-refractivity contribution >= 4 is 187 Å². The van der Waals surface area contributed by atoms with E-state index in [1.54, 1.807) is 102 Å². The number of anilines is 4. The highest BCUT2D eigenvalue weighted by atomic mass is 33.1. The lowest BCUT2D eigenvalue weighted by Gasteiger charge is -2.24. The Morgan fingerprint density at radius 2 is 0.825 bits per heavy atom. The molecule has 0 bridgehead atoms. The van der Waals surface area contributed by atoms with Crippen LogP contribution in [-0.4, -0.2) is 274 Å². The van der Waals surface area contributed by atoms with Crippen LogP contribution in [0.1, 0.15) is 149 Å². The number of rotatable bonds is 39. The standard InChI is InChI=1S/C27H40N8O14P2S2.C19H26N8O13P2.2C10H17NO2S2.C8H16O2S2/c1-13(10-52-53-27(2,3)4)25(37)48-21-16(47-24(20(21)36)35-12-32-19-22(29)30-11-31-23(19)35)9-45-51(42,43)49-14-7-18(34-6-5-17(28)33-26(34)38)46-15(14)8-44-50(39,40)41;20-11-1-2-26(19(30)25-11)12-3-8(9(38-12)4-36-41(31,32)33)40-42(34,35)37-5-10-14(28)15(29)18(39-10)27-7-24-13-16(21)22-6-23-17(13)27;2*1-8(9(12)13-6-5-11)7-14-15-10(2,3)4;1-6(7(9)10)5-11-12-8(2,3)4/h5-6,11-16,18,20-21,24,36H,7-10H2,1-4H3,(H,42,43)(H2,28,33,38)(H2,29,30,31)(H2,39,40,41);1-2,6-10,12,14-15,18,28-29H,3-5H2,(H,34,35)(H2,20,25,30)(H2,21,22,23)(H2,31,32,33);2*8H,6-7H2,1-4H3;6H,5H2,1-4H3,(H,9,10)/t13?,14-,15+,16+,18+,20+,21+,24+;8-,9+,10+,12+,14+,15+,18+;;;/m00.../s1. The van der Waals surface area contributed by atoms with Crippen LogP contribution in [0.15, 0.2) is 59.4 Å². The summed E-state index contributed by atoms with van der Waals surface area (Å²) in [5.41, 5.74) is 21.9. The van der Waals surface area contributed by atoms with Gasteiger partial charge in [0.1, 0.15) is 115 Å². The van der Waals surface area contributed by atoms with Crippen LogP contribution in [0.4, 0.5) is 23.3 Å². The van der Waals surface area contributed by atoms with Crippen LogP contribution in [0, 0.1) is 46.3 Å². The maximum atomic E-state index is 13.4. The maximum absolute atomic E-state index is 13.4. The third-order valence-corrected chi connectivity index (χ3v) is 34.8. The molecule has 6 aromatic heterocycles. The van der Waals surface area contributed by atoms with E-state index in [1.807, 2.05) is 34.6 Å². The molecular formula is C74H116N18O33P4S8. The van der Waals surface area contributed by atoms with Crippen LogP contribution in [0.2, 0.25) is 0 Å². The number of aromatic nitrogens is 12. The highest BCUT2D eigenvalue weighted by Crippen LogP contribution is 2.53. The Kier molecular flexibility index (Phi) is 46.7. The number of carbonyl (C=O) groups excluding carboxylic acids is 3. The fourth-order valence-corrected chi connectivity index (χ4v) is 24.5. The van der Waals surface area contributed by atoms with Gasteiger partial charge in [-0.15, -0.1) is 0 Å². The Morgan fingerprint density at radius 1 is 0.482 bits per heavy atom. The molecule has 0 amide bonds. The number of nitrogens with two attached hydrogens (primary N) is 4. The molecule has 0 radical (unpaired) electrons. The summed E-state index contributed by atoms with van der Waals surface area (Å²) in [4.78, 5) is 160. The number of phosphoric ester groups is 4. The number of nitriles is 2. The number of carbonyl (C=O) groups is 4. The van der Waals surface area contributed by atoms with Gasteiger partial charge in [0.25, 0.3) is 0 Å². The highest BCUT2D eigenvalue weighted by molar-refractivity contribution is 8.78.